The Kier molecular flexibility index (Phi) is 2.60. The molecule has 4 atom stereocenters. The third-order valence-corrected chi connectivity index (χ3v) is 5.01. The van der Waals surface area contributed by atoms with Gasteiger partial charge in [-0.15, -0.1) is 0 Å². The molecule has 0 aromatic heterocycles. The van der Waals surface area contributed by atoms with Gasteiger partial charge in [0.2, 0.25) is 0 Å². The fourth-order valence-electron chi connectivity index (χ4n) is 2.08. The summed E-state index contributed by atoms with van der Waals surface area (Å²) in [7, 11) is 3.45. The highest BCUT2D eigenvalue weighted by Gasteiger charge is 2.66. The van der Waals surface area contributed by atoms with Gasteiger partial charge in [0.25, 0.3) is 0 Å². The molecule has 2 rings (SSSR count). The van der Waals surface area contributed by atoms with Crippen molar-refractivity contribution >= 4 is 31.9 Å². The highest BCUT2D eigenvalue weighted by molar-refractivity contribution is 9.25. The summed E-state index contributed by atoms with van der Waals surface area (Å²) in [6.07, 6.45) is 4.51. The molecule has 2 nitrogen and oxygen atoms in total. The number of ether oxygens (including phenoxy) is 2. The largest absolute Gasteiger partial charge is 0.378 e. The second-order valence-corrected chi connectivity index (χ2v) is 7.20. The van der Waals surface area contributed by atoms with Gasteiger partial charge in [0.1, 0.15) is 6.10 Å². The lowest BCUT2D eigenvalue weighted by Gasteiger charge is -2.24. The molecule has 4 heteroatoms. The molecule has 1 saturated carbocycles. The van der Waals surface area contributed by atoms with Crippen molar-refractivity contribution in [2.75, 3.05) is 14.2 Å². The first-order chi connectivity index (χ1) is 6.12. The number of allylic oxidation sites excluding steroid dienone is 1. The number of halogens is 2. The van der Waals surface area contributed by atoms with Crippen LogP contribution in [-0.2, 0) is 9.47 Å². The van der Waals surface area contributed by atoms with Crippen LogP contribution in [0.5, 0.6) is 0 Å². The maximum Gasteiger partial charge on any atom is 0.102 e. The highest BCUT2D eigenvalue weighted by atomic mass is 79.9. The Bertz CT molecular complexity index is 240. The van der Waals surface area contributed by atoms with Crippen molar-refractivity contribution in [2.24, 2.45) is 11.8 Å². The number of hydrogen-bond donors (Lipinski definition) is 0. The minimum absolute atomic E-state index is 0.0322. The van der Waals surface area contributed by atoms with Crippen molar-refractivity contribution < 1.29 is 9.47 Å². The zero-order valence-corrected chi connectivity index (χ0v) is 10.7. The minimum Gasteiger partial charge on any atom is -0.378 e. The third kappa shape index (κ3) is 1.42. The lowest BCUT2D eigenvalue weighted by Crippen LogP contribution is -2.33. The molecule has 0 amide bonds. The van der Waals surface area contributed by atoms with Crippen molar-refractivity contribution in [2.45, 2.75) is 15.4 Å². The van der Waals surface area contributed by atoms with Gasteiger partial charge < -0.3 is 9.47 Å². The summed E-state index contributed by atoms with van der Waals surface area (Å²) < 4.78 is 10.8. The Labute approximate surface area is 94.9 Å². The van der Waals surface area contributed by atoms with E-state index < -0.39 is 0 Å². The summed E-state index contributed by atoms with van der Waals surface area (Å²) >= 11 is 7.29. The molecule has 0 aromatic rings. The van der Waals surface area contributed by atoms with Gasteiger partial charge in [-0.25, -0.2) is 0 Å². The fraction of sp³-hybridized carbons (Fsp3) is 0.778. The van der Waals surface area contributed by atoms with Crippen LogP contribution in [0.3, 0.4) is 0 Å². The zero-order valence-electron chi connectivity index (χ0n) is 7.54. The predicted octanol–water partition coefficient (Wildman–Crippen LogP) is 2.32. The third-order valence-electron chi connectivity index (χ3n) is 2.90. The molecule has 0 bridgehead atoms. The molecule has 2 aliphatic carbocycles. The van der Waals surface area contributed by atoms with Gasteiger partial charge >= 0.3 is 0 Å². The Morgan fingerprint density at radius 2 is 1.85 bits per heavy atom. The van der Waals surface area contributed by atoms with E-state index in [1.54, 1.807) is 14.2 Å². The van der Waals surface area contributed by atoms with Gasteiger partial charge in [-0.1, -0.05) is 44.0 Å². The Balaban J connectivity index is 2.18. The molecule has 0 N–H and O–H groups in total. The van der Waals surface area contributed by atoms with E-state index in [0.717, 1.165) is 0 Å². The molecule has 0 unspecified atom stereocenters. The van der Waals surface area contributed by atoms with E-state index in [4.69, 9.17) is 9.47 Å². The first-order valence-electron chi connectivity index (χ1n) is 4.24. The van der Waals surface area contributed by atoms with Crippen molar-refractivity contribution in [3.63, 3.8) is 0 Å². The van der Waals surface area contributed by atoms with Crippen LogP contribution in [0.4, 0.5) is 0 Å². The molecule has 0 heterocycles. The summed E-state index contributed by atoms with van der Waals surface area (Å²) in [5, 5.41) is 0. The average molecular weight is 312 g/mol. The number of fused-ring (bicyclic) bond motifs is 1. The highest BCUT2D eigenvalue weighted by Crippen LogP contribution is 2.66. The first kappa shape index (κ1) is 10.1. The SMILES string of the molecule is CO[C@@H]1[C@@H]2[C@H](C=C[C@@H]1OC)C2(Br)Br. The van der Waals surface area contributed by atoms with Crippen molar-refractivity contribution in [3.8, 4) is 0 Å². The first-order valence-corrected chi connectivity index (χ1v) is 5.83. The fourth-order valence-corrected chi connectivity index (χ4v) is 3.78. The van der Waals surface area contributed by atoms with Gasteiger partial charge in [-0.2, -0.15) is 0 Å². The van der Waals surface area contributed by atoms with Crippen LogP contribution < -0.4 is 0 Å². The predicted molar refractivity (Wildman–Crippen MR) is 58.3 cm³/mol. The second-order valence-electron chi connectivity index (χ2n) is 3.51. The van der Waals surface area contributed by atoms with Crippen LogP contribution in [0.1, 0.15) is 0 Å². The summed E-state index contributed by atoms with van der Waals surface area (Å²) in [6, 6.07) is 0. The Morgan fingerprint density at radius 3 is 2.38 bits per heavy atom. The minimum atomic E-state index is 0.0322. The Hall–Kier alpha value is 0.620. The zero-order chi connectivity index (χ0) is 9.64. The van der Waals surface area contributed by atoms with E-state index in [9.17, 15) is 0 Å². The van der Waals surface area contributed by atoms with Crippen molar-refractivity contribution in [1.29, 1.82) is 0 Å². The van der Waals surface area contributed by atoms with Gasteiger partial charge in [0, 0.05) is 26.1 Å². The molecular weight excluding hydrogens is 300 g/mol. The number of hydrogen-bond acceptors (Lipinski definition) is 2. The standard InChI is InChI=1S/C9H12Br2O2/c1-12-6-4-3-5-7(8(6)13-2)9(5,10)11/h3-8H,1-2H3/t5-,6-,7-,8-/m0/s1. The van der Waals surface area contributed by atoms with Crippen molar-refractivity contribution in [1.82, 2.24) is 0 Å². The quantitative estimate of drug-likeness (QED) is 0.575. The van der Waals surface area contributed by atoms with E-state index >= 15 is 0 Å². The van der Waals surface area contributed by atoms with Gasteiger partial charge in [-0.3, -0.25) is 0 Å². The number of rotatable bonds is 2. The number of methoxy groups -OCH3 is 2. The molecule has 0 aliphatic heterocycles. The van der Waals surface area contributed by atoms with Gasteiger partial charge in [0.05, 0.1) is 9.34 Å². The van der Waals surface area contributed by atoms with Crippen LogP contribution in [0.25, 0.3) is 0 Å². The molecule has 2 aliphatic rings. The summed E-state index contributed by atoms with van der Waals surface area (Å²) in [5.41, 5.74) is 0. The van der Waals surface area contributed by atoms with E-state index in [1.165, 1.54) is 0 Å². The Morgan fingerprint density at radius 1 is 1.15 bits per heavy atom. The van der Waals surface area contributed by atoms with Crippen molar-refractivity contribution in [3.05, 3.63) is 12.2 Å². The topological polar surface area (TPSA) is 18.5 Å². The molecule has 1 fully saturated rings. The van der Waals surface area contributed by atoms with Gasteiger partial charge in [-0.05, 0) is 0 Å². The van der Waals surface area contributed by atoms with Crippen LogP contribution in [-0.4, -0.2) is 29.7 Å². The molecule has 0 saturated heterocycles. The lowest BCUT2D eigenvalue weighted by atomic mass is 10.0. The molecule has 0 spiro atoms. The summed E-state index contributed by atoms with van der Waals surface area (Å²) in [5.74, 6) is 1.01. The normalized spacial score (nSPS) is 45.8. The molecule has 0 aromatic carbocycles. The smallest absolute Gasteiger partial charge is 0.102 e. The molecule has 0 radical (unpaired) electrons. The maximum absolute atomic E-state index is 5.45. The number of alkyl halides is 2. The van der Waals surface area contributed by atoms with Gasteiger partial charge in [0.15, 0.2) is 0 Å². The van der Waals surface area contributed by atoms with E-state index in [0.29, 0.717) is 11.8 Å². The van der Waals surface area contributed by atoms with Crippen LogP contribution in [0, 0.1) is 11.8 Å². The van der Waals surface area contributed by atoms with E-state index in [2.05, 4.69) is 44.0 Å². The van der Waals surface area contributed by atoms with Crippen LogP contribution in [0.2, 0.25) is 0 Å². The van der Waals surface area contributed by atoms with E-state index in [1.807, 2.05) is 0 Å². The summed E-state index contributed by atoms with van der Waals surface area (Å²) in [4.78, 5) is 0. The molecule has 13 heavy (non-hydrogen) atoms. The lowest BCUT2D eigenvalue weighted by molar-refractivity contribution is -0.0281. The van der Waals surface area contributed by atoms with Crippen LogP contribution >= 0.6 is 31.9 Å². The molecular formula is C9H12Br2O2. The van der Waals surface area contributed by atoms with E-state index in [-0.39, 0.29) is 15.4 Å². The van der Waals surface area contributed by atoms with Crippen LogP contribution in [0.15, 0.2) is 12.2 Å². The summed E-state index contributed by atoms with van der Waals surface area (Å²) in [6.45, 7) is 0. The average Bonchev–Trinajstić information content (AvgIpc) is 2.68. The monoisotopic (exact) mass is 310 g/mol. The maximum atomic E-state index is 5.45. The molecule has 74 valence electrons. The second kappa shape index (κ2) is 3.33.